The highest BCUT2D eigenvalue weighted by Gasteiger charge is 2.29. The SMILES string of the molecule is CC1(C)C=CC(=O)N(C(=O)/C=C/c2ncccn2)C1. The molecule has 19 heavy (non-hydrogen) atoms. The predicted octanol–water partition coefficient (Wildman–Crippen LogP) is 1.44. The quantitative estimate of drug-likeness (QED) is 0.752. The summed E-state index contributed by atoms with van der Waals surface area (Å²) in [4.78, 5) is 32.9. The zero-order valence-electron chi connectivity index (χ0n) is 10.9. The molecule has 0 fully saturated rings. The van der Waals surface area contributed by atoms with Crippen molar-refractivity contribution >= 4 is 17.9 Å². The third-order valence-corrected chi connectivity index (χ3v) is 2.74. The highest BCUT2D eigenvalue weighted by atomic mass is 16.2. The van der Waals surface area contributed by atoms with E-state index >= 15 is 0 Å². The van der Waals surface area contributed by atoms with E-state index in [0.29, 0.717) is 12.4 Å². The Morgan fingerprint density at radius 3 is 2.74 bits per heavy atom. The van der Waals surface area contributed by atoms with Crippen LogP contribution in [0.5, 0.6) is 0 Å². The van der Waals surface area contributed by atoms with E-state index in [1.54, 1.807) is 18.5 Å². The van der Waals surface area contributed by atoms with Crippen LogP contribution in [0.15, 0.2) is 36.7 Å². The molecule has 0 unspecified atom stereocenters. The van der Waals surface area contributed by atoms with Crippen molar-refractivity contribution in [2.45, 2.75) is 13.8 Å². The van der Waals surface area contributed by atoms with Gasteiger partial charge in [-0.05, 0) is 12.1 Å². The Bertz CT molecular complexity index is 547. The summed E-state index contributed by atoms with van der Waals surface area (Å²) in [5.41, 5.74) is -0.194. The van der Waals surface area contributed by atoms with Crippen LogP contribution in [-0.2, 0) is 9.59 Å². The molecule has 0 saturated carbocycles. The molecule has 5 heteroatoms. The first kappa shape index (κ1) is 13.1. The molecule has 0 bridgehead atoms. The average Bonchev–Trinajstić information content (AvgIpc) is 2.40. The summed E-state index contributed by atoms with van der Waals surface area (Å²) < 4.78 is 0. The van der Waals surface area contributed by atoms with Crippen molar-refractivity contribution < 1.29 is 9.59 Å². The molecule has 2 rings (SSSR count). The topological polar surface area (TPSA) is 63.2 Å². The van der Waals surface area contributed by atoms with Crippen LogP contribution in [0.4, 0.5) is 0 Å². The van der Waals surface area contributed by atoms with Gasteiger partial charge in [0.05, 0.1) is 0 Å². The summed E-state index contributed by atoms with van der Waals surface area (Å²) in [7, 11) is 0. The van der Waals surface area contributed by atoms with Gasteiger partial charge in [-0.25, -0.2) is 9.97 Å². The standard InChI is InChI=1S/C14H15N3O2/c1-14(2)7-6-13(19)17(10-14)12(18)5-4-11-15-8-3-9-16-11/h3-9H,10H2,1-2H3/b5-4+. The van der Waals surface area contributed by atoms with E-state index in [2.05, 4.69) is 9.97 Å². The van der Waals surface area contributed by atoms with Crippen LogP contribution in [-0.4, -0.2) is 33.2 Å². The molecule has 2 heterocycles. The highest BCUT2D eigenvalue weighted by molar-refractivity contribution is 6.07. The van der Waals surface area contributed by atoms with Crippen molar-refractivity contribution in [3.8, 4) is 0 Å². The second kappa shape index (κ2) is 5.14. The van der Waals surface area contributed by atoms with Crippen LogP contribution in [0.25, 0.3) is 6.08 Å². The highest BCUT2D eigenvalue weighted by Crippen LogP contribution is 2.23. The molecule has 98 valence electrons. The third kappa shape index (κ3) is 3.34. The van der Waals surface area contributed by atoms with Gasteiger partial charge in [0.25, 0.3) is 11.8 Å². The number of amides is 2. The van der Waals surface area contributed by atoms with Gasteiger partial charge in [-0.15, -0.1) is 0 Å². The Morgan fingerprint density at radius 2 is 2.05 bits per heavy atom. The molecule has 2 amide bonds. The molecule has 0 saturated heterocycles. The van der Waals surface area contributed by atoms with E-state index in [4.69, 9.17) is 0 Å². The first-order chi connectivity index (χ1) is 8.98. The second-order valence-corrected chi connectivity index (χ2v) is 5.02. The van der Waals surface area contributed by atoms with Crippen molar-refractivity contribution in [3.05, 3.63) is 42.5 Å². The molecule has 1 aliphatic heterocycles. The molecule has 0 aliphatic carbocycles. The zero-order valence-corrected chi connectivity index (χ0v) is 10.9. The Labute approximate surface area is 111 Å². The number of rotatable bonds is 2. The smallest absolute Gasteiger partial charge is 0.253 e. The Morgan fingerprint density at radius 1 is 1.37 bits per heavy atom. The van der Waals surface area contributed by atoms with Gasteiger partial charge in [0.2, 0.25) is 0 Å². The summed E-state index contributed by atoms with van der Waals surface area (Å²) in [6.45, 7) is 4.32. The summed E-state index contributed by atoms with van der Waals surface area (Å²) in [6, 6.07) is 1.70. The predicted molar refractivity (Wildman–Crippen MR) is 70.7 cm³/mol. The van der Waals surface area contributed by atoms with E-state index in [-0.39, 0.29) is 17.2 Å². The van der Waals surface area contributed by atoms with E-state index in [1.807, 2.05) is 19.9 Å². The molecule has 1 aromatic rings. The molecule has 0 spiro atoms. The Balaban J connectivity index is 2.10. The largest absolute Gasteiger partial charge is 0.275 e. The van der Waals surface area contributed by atoms with E-state index < -0.39 is 0 Å². The normalized spacial score (nSPS) is 18.0. The van der Waals surface area contributed by atoms with Crippen molar-refractivity contribution in [3.63, 3.8) is 0 Å². The van der Waals surface area contributed by atoms with Crippen molar-refractivity contribution in [2.75, 3.05) is 6.54 Å². The molecular formula is C14H15N3O2. The fraction of sp³-hybridized carbons (Fsp3) is 0.286. The lowest BCUT2D eigenvalue weighted by atomic mass is 9.89. The molecule has 1 aromatic heterocycles. The number of carbonyl (C=O) groups is 2. The van der Waals surface area contributed by atoms with Gasteiger partial charge in [0.15, 0.2) is 5.82 Å². The van der Waals surface area contributed by atoms with Crippen LogP contribution in [0.2, 0.25) is 0 Å². The minimum absolute atomic E-state index is 0.194. The first-order valence-electron chi connectivity index (χ1n) is 5.98. The maximum atomic E-state index is 12.0. The number of carbonyl (C=O) groups excluding carboxylic acids is 2. The number of nitrogens with zero attached hydrogens (tertiary/aromatic N) is 3. The summed E-state index contributed by atoms with van der Waals surface area (Å²) in [5, 5.41) is 0. The molecule has 0 atom stereocenters. The molecule has 1 aliphatic rings. The summed E-state index contributed by atoms with van der Waals surface area (Å²) in [6.07, 6.45) is 9.27. The van der Waals surface area contributed by atoms with Gasteiger partial charge < -0.3 is 0 Å². The average molecular weight is 257 g/mol. The lowest BCUT2D eigenvalue weighted by molar-refractivity contribution is -0.140. The van der Waals surface area contributed by atoms with Crippen molar-refractivity contribution in [1.82, 2.24) is 14.9 Å². The fourth-order valence-electron chi connectivity index (χ4n) is 1.74. The summed E-state index contributed by atoms with van der Waals surface area (Å²) in [5.74, 6) is -0.201. The monoisotopic (exact) mass is 257 g/mol. The maximum absolute atomic E-state index is 12.0. The number of hydrogen-bond donors (Lipinski definition) is 0. The van der Waals surface area contributed by atoms with Gasteiger partial charge in [-0.2, -0.15) is 0 Å². The Hall–Kier alpha value is -2.30. The Kier molecular flexibility index (Phi) is 3.55. The van der Waals surface area contributed by atoms with Crippen molar-refractivity contribution in [1.29, 1.82) is 0 Å². The first-order valence-corrected chi connectivity index (χ1v) is 5.98. The molecule has 0 N–H and O–H groups in total. The van der Waals surface area contributed by atoms with Crippen LogP contribution < -0.4 is 0 Å². The van der Waals surface area contributed by atoms with Gasteiger partial charge in [0.1, 0.15) is 0 Å². The molecule has 0 aromatic carbocycles. The minimum atomic E-state index is -0.352. The van der Waals surface area contributed by atoms with Gasteiger partial charge in [0, 0.05) is 36.5 Å². The van der Waals surface area contributed by atoms with Crippen LogP contribution in [0.3, 0.4) is 0 Å². The zero-order chi connectivity index (χ0) is 13.9. The van der Waals surface area contributed by atoms with Crippen LogP contribution >= 0.6 is 0 Å². The molecule has 0 radical (unpaired) electrons. The number of aromatic nitrogens is 2. The van der Waals surface area contributed by atoms with Crippen molar-refractivity contribution in [2.24, 2.45) is 5.41 Å². The van der Waals surface area contributed by atoms with Crippen LogP contribution in [0.1, 0.15) is 19.7 Å². The van der Waals surface area contributed by atoms with E-state index in [0.717, 1.165) is 0 Å². The fourth-order valence-corrected chi connectivity index (χ4v) is 1.74. The summed E-state index contributed by atoms with van der Waals surface area (Å²) >= 11 is 0. The molecular weight excluding hydrogens is 242 g/mol. The molecule has 5 nitrogen and oxygen atoms in total. The third-order valence-electron chi connectivity index (χ3n) is 2.74. The van der Waals surface area contributed by atoms with E-state index in [9.17, 15) is 9.59 Å². The lowest BCUT2D eigenvalue weighted by Crippen LogP contribution is -2.43. The van der Waals surface area contributed by atoms with Crippen LogP contribution in [0, 0.1) is 5.41 Å². The second-order valence-electron chi connectivity index (χ2n) is 5.02. The number of imide groups is 1. The minimum Gasteiger partial charge on any atom is -0.275 e. The van der Waals surface area contributed by atoms with E-state index in [1.165, 1.54) is 23.1 Å². The maximum Gasteiger partial charge on any atom is 0.253 e. The van der Waals surface area contributed by atoms with Gasteiger partial charge in [-0.3, -0.25) is 14.5 Å². The number of hydrogen-bond acceptors (Lipinski definition) is 4. The lowest BCUT2D eigenvalue weighted by Gasteiger charge is -2.31. The van der Waals surface area contributed by atoms with Gasteiger partial charge >= 0.3 is 0 Å². The van der Waals surface area contributed by atoms with Gasteiger partial charge in [-0.1, -0.05) is 19.9 Å².